The van der Waals surface area contributed by atoms with Crippen molar-refractivity contribution in [1.29, 1.82) is 0 Å². The third-order valence-corrected chi connectivity index (χ3v) is 8.13. The lowest BCUT2D eigenvalue weighted by Gasteiger charge is -2.30. The lowest BCUT2D eigenvalue weighted by atomic mass is 9.82. The quantitative estimate of drug-likeness (QED) is 0.325. The third kappa shape index (κ3) is 5.79. The average Bonchev–Trinajstić information content (AvgIpc) is 3.31. The number of ether oxygens (including phenoxy) is 1. The standard InChI is InChI=1S/C30H38N4O4/c1-38-23-16-14-21(15-17-23)27-29(31-22-11-6-3-7-12-22)34-18-8-13-24(28(34)33-27)30(37)32-25(19-26(35)36)20-9-4-2-5-10-20/h8,13-18,20,22,25,31H,2-7,9-12,19H2,1H3,(H,32,37)(H,35,36). The number of nitrogens with zero attached hydrogens (tertiary/aromatic N) is 2. The van der Waals surface area contributed by atoms with Crippen LogP contribution < -0.4 is 15.4 Å². The molecule has 0 bridgehead atoms. The molecule has 2 saturated carbocycles. The molecule has 1 aromatic carbocycles. The van der Waals surface area contributed by atoms with Gasteiger partial charge in [0.1, 0.15) is 17.3 Å². The zero-order valence-electron chi connectivity index (χ0n) is 22.1. The van der Waals surface area contributed by atoms with Gasteiger partial charge in [0.15, 0.2) is 5.65 Å². The Kier molecular flexibility index (Phi) is 8.15. The van der Waals surface area contributed by atoms with Gasteiger partial charge in [-0.25, -0.2) is 4.98 Å². The van der Waals surface area contributed by atoms with Crippen molar-refractivity contribution in [3.8, 4) is 17.0 Å². The molecule has 1 atom stereocenters. The van der Waals surface area contributed by atoms with Gasteiger partial charge in [0.05, 0.1) is 19.1 Å². The number of carboxylic acid groups (broad SMARTS) is 1. The Labute approximate surface area is 223 Å². The Morgan fingerprint density at radius 3 is 2.37 bits per heavy atom. The van der Waals surface area contributed by atoms with E-state index >= 15 is 0 Å². The Balaban J connectivity index is 1.51. The first-order chi connectivity index (χ1) is 18.5. The molecule has 5 rings (SSSR count). The maximum Gasteiger partial charge on any atom is 0.305 e. The van der Waals surface area contributed by atoms with Crippen molar-refractivity contribution < 1.29 is 19.4 Å². The number of benzene rings is 1. The van der Waals surface area contributed by atoms with Crippen molar-refractivity contribution >= 4 is 23.3 Å². The molecule has 8 nitrogen and oxygen atoms in total. The van der Waals surface area contributed by atoms with Gasteiger partial charge in [-0.05, 0) is 68.0 Å². The van der Waals surface area contributed by atoms with E-state index in [1.165, 1.54) is 25.7 Å². The van der Waals surface area contributed by atoms with Crippen molar-refractivity contribution in [3.05, 3.63) is 48.2 Å². The highest BCUT2D eigenvalue weighted by Crippen LogP contribution is 2.34. The zero-order chi connectivity index (χ0) is 26.5. The molecule has 2 aliphatic carbocycles. The average molecular weight is 519 g/mol. The summed E-state index contributed by atoms with van der Waals surface area (Å²) in [6.45, 7) is 0. The normalized spacial score (nSPS) is 17.7. The number of rotatable bonds is 9. The van der Waals surface area contributed by atoms with E-state index in [9.17, 15) is 14.7 Å². The molecule has 0 spiro atoms. The van der Waals surface area contributed by atoms with Crippen LogP contribution in [-0.2, 0) is 4.79 Å². The monoisotopic (exact) mass is 518 g/mol. The number of anilines is 1. The van der Waals surface area contributed by atoms with E-state index in [2.05, 4.69) is 10.6 Å². The molecule has 202 valence electrons. The lowest BCUT2D eigenvalue weighted by Crippen LogP contribution is -2.42. The van der Waals surface area contributed by atoms with Crippen LogP contribution in [0.3, 0.4) is 0 Å². The highest BCUT2D eigenvalue weighted by Gasteiger charge is 2.29. The Hall–Kier alpha value is -3.55. The summed E-state index contributed by atoms with van der Waals surface area (Å²) in [7, 11) is 1.64. The molecule has 2 fully saturated rings. The van der Waals surface area contributed by atoms with Gasteiger partial charge < -0.3 is 20.5 Å². The predicted octanol–water partition coefficient (Wildman–Crippen LogP) is 5.91. The molecule has 2 heterocycles. The molecule has 1 amide bonds. The number of carbonyl (C=O) groups is 2. The number of hydrogen-bond acceptors (Lipinski definition) is 5. The fourth-order valence-corrected chi connectivity index (χ4v) is 6.08. The maximum absolute atomic E-state index is 13.6. The summed E-state index contributed by atoms with van der Waals surface area (Å²) in [6.07, 6.45) is 13.0. The number of fused-ring (bicyclic) bond motifs is 1. The number of aromatic nitrogens is 2. The molecule has 0 radical (unpaired) electrons. The Bertz CT molecular complexity index is 1260. The van der Waals surface area contributed by atoms with Crippen molar-refractivity contribution in [1.82, 2.24) is 14.7 Å². The fourth-order valence-electron chi connectivity index (χ4n) is 6.08. The van der Waals surface area contributed by atoms with E-state index in [4.69, 9.17) is 9.72 Å². The van der Waals surface area contributed by atoms with Crippen LogP contribution in [0.5, 0.6) is 5.75 Å². The van der Waals surface area contributed by atoms with E-state index in [1.54, 1.807) is 13.2 Å². The maximum atomic E-state index is 13.6. The molecule has 8 heteroatoms. The van der Waals surface area contributed by atoms with Crippen molar-refractivity contribution in [2.75, 3.05) is 12.4 Å². The van der Waals surface area contributed by atoms with Crippen LogP contribution >= 0.6 is 0 Å². The number of amides is 1. The highest BCUT2D eigenvalue weighted by molar-refractivity contribution is 6.01. The van der Waals surface area contributed by atoms with E-state index < -0.39 is 12.0 Å². The number of pyridine rings is 1. The van der Waals surface area contributed by atoms with Crippen LogP contribution in [0.4, 0.5) is 5.82 Å². The first kappa shape index (κ1) is 26.1. The number of hydrogen-bond donors (Lipinski definition) is 3. The number of aliphatic carboxylic acids is 1. The molecule has 0 aliphatic heterocycles. The van der Waals surface area contributed by atoms with Crippen molar-refractivity contribution in [2.45, 2.75) is 82.7 Å². The van der Waals surface area contributed by atoms with Crippen molar-refractivity contribution in [3.63, 3.8) is 0 Å². The minimum Gasteiger partial charge on any atom is -0.497 e. The molecule has 0 saturated heterocycles. The van der Waals surface area contributed by atoms with Crippen LogP contribution in [0.25, 0.3) is 16.9 Å². The summed E-state index contributed by atoms with van der Waals surface area (Å²) in [5.74, 6) is 0.665. The van der Waals surface area contributed by atoms with Gasteiger partial charge in [-0.1, -0.05) is 38.5 Å². The fraction of sp³-hybridized carbons (Fsp3) is 0.500. The van der Waals surface area contributed by atoms with Gasteiger partial charge in [-0.2, -0.15) is 0 Å². The van der Waals surface area contributed by atoms with Gasteiger partial charge in [0.25, 0.3) is 5.91 Å². The molecule has 2 aliphatic rings. The van der Waals surface area contributed by atoms with Crippen LogP contribution in [0.15, 0.2) is 42.6 Å². The van der Waals surface area contributed by atoms with Gasteiger partial charge in [-0.3, -0.25) is 14.0 Å². The largest absolute Gasteiger partial charge is 0.497 e. The van der Waals surface area contributed by atoms with Gasteiger partial charge >= 0.3 is 5.97 Å². The van der Waals surface area contributed by atoms with Crippen LogP contribution in [0, 0.1) is 5.92 Å². The van der Waals surface area contributed by atoms with Crippen LogP contribution in [0.1, 0.15) is 81.0 Å². The summed E-state index contributed by atoms with van der Waals surface area (Å²) >= 11 is 0. The predicted molar refractivity (Wildman–Crippen MR) is 148 cm³/mol. The minimum atomic E-state index is -0.888. The van der Waals surface area contributed by atoms with E-state index in [0.29, 0.717) is 17.3 Å². The van der Waals surface area contributed by atoms with Crippen molar-refractivity contribution in [2.24, 2.45) is 5.92 Å². The third-order valence-electron chi connectivity index (χ3n) is 8.13. The van der Waals surface area contributed by atoms with E-state index in [1.807, 2.05) is 40.9 Å². The summed E-state index contributed by atoms with van der Waals surface area (Å²) in [4.78, 5) is 30.3. The molecule has 38 heavy (non-hydrogen) atoms. The lowest BCUT2D eigenvalue weighted by molar-refractivity contribution is -0.137. The number of carboxylic acids is 1. The Morgan fingerprint density at radius 1 is 1.03 bits per heavy atom. The second kappa shape index (κ2) is 11.9. The minimum absolute atomic E-state index is 0.0699. The zero-order valence-corrected chi connectivity index (χ0v) is 22.1. The summed E-state index contributed by atoms with van der Waals surface area (Å²) < 4.78 is 7.31. The first-order valence-electron chi connectivity index (χ1n) is 14.0. The molecule has 2 aromatic heterocycles. The Morgan fingerprint density at radius 2 is 1.71 bits per heavy atom. The second-order valence-electron chi connectivity index (χ2n) is 10.7. The summed E-state index contributed by atoms with van der Waals surface area (Å²) in [5.41, 5.74) is 2.73. The smallest absolute Gasteiger partial charge is 0.305 e. The van der Waals surface area contributed by atoms with Crippen LogP contribution in [0.2, 0.25) is 0 Å². The molecule has 1 unspecified atom stereocenters. The first-order valence-corrected chi connectivity index (χ1v) is 14.0. The molecular weight excluding hydrogens is 480 g/mol. The van der Waals surface area contributed by atoms with Gasteiger partial charge in [0.2, 0.25) is 0 Å². The number of carbonyl (C=O) groups excluding carboxylic acids is 1. The SMILES string of the molecule is COc1ccc(-c2nc3c(C(=O)NC(CC(=O)O)C4CCCCC4)cccn3c2NC2CCCCC2)cc1. The number of nitrogens with one attached hydrogen (secondary N) is 2. The topological polar surface area (TPSA) is 105 Å². The van der Waals surface area contributed by atoms with E-state index in [0.717, 1.165) is 61.3 Å². The van der Waals surface area contributed by atoms with Gasteiger partial charge in [-0.15, -0.1) is 0 Å². The number of methoxy groups -OCH3 is 1. The van der Waals surface area contributed by atoms with Gasteiger partial charge in [0, 0.05) is 23.8 Å². The highest BCUT2D eigenvalue weighted by atomic mass is 16.5. The molecule has 3 aromatic rings. The molecule has 3 N–H and O–H groups in total. The van der Waals surface area contributed by atoms with E-state index in [-0.39, 0.29) is 18.2 Å². The summed E-state index contributed by atoms with van der Waals surface area (Å²) in [5, 5.41) is 16.4. The second-order valence-corrected chi connectivity index (χ2v) is 10.7. The molecular formula is C30H38N4O4. The number of imidazole rings is 1. The summed E-state index contributed by atoms with van der Waals surface area (Å²) in [6, 6.07) is 11.4. The van der Waals surface area contributed by atoms with Crippen LogP contribution in [-0.4, -0.2) is 45.6 Å².